The van der Waals surface area contributed by atoms with Crippen LogP contribution < -0.4 is 5.32 Å². The summed E-state index contributed by atoms with van der Waals surface area (Å²) in [7, 11) is -2.79. The summed E-state index contributed by atoms with van der Waals surface area (Å²) in [5.74, 6) is -5.74. The van der Waals surface area contributed by atoms with Gasteiger partial charge in [0.05, 0.1) is 22.3 Å². The number of likely N-dealkylation sites (tertiary alicyclic amines) is 2. The van der Waals surface area contributed by atoms with Crippen LogP contribution in [0.5, 0.6) is 0 Å². The highest BCUT2D eigenvalue weighted by atomic mass is 35.5. The molecule has 218 valence electrons. The van der Waals surface area contributed by atoms with Gasteiger partial charge in [0.1, 0.15) is 6.04 Å². The highest BCUT2D eigenvalue weighted by molar-refractivity contribution is 7.92. The summed E-state index contributed by atoms with van der Waals surface area (Å²) in [5, 5.41) is 1.32. The minimum Gasteiger partial charge on any atom is -0.453 e. The molecule has 1 N–H and O–H groups in total. The first kappa shape index (κ1) is 27.8. The van der Waals surface area contributed by atoms with Crippen LogP contribution in [0.2, 0.25) is 5.02 Å². The molecular formula is C27H25ClF3N3O6S. The van der Waals surface area contributed by atoms with Crippen LogP contribution in [0.1, 0.15) is 42.5 Å². The van der Waals surface area contributed by atoms with Crippen LogP contribution in [0.25, 0.3) is 0 Å². The van der Waals surface area contributed by atoms with E-state index in [1.807, 2.05) is 0 Å². The van der Waals surface area contributed by atoms with Crippen LogP contribution in [0.4, 0.5) is 23.7 Å². The van der Waals surface area contributed by atoms with E-state index in [0.717, 1.165) is 6.07 Å². The summed E-state index contributed by atoms with van der Waals surface area (Å²) in [6.07, 6.45) is 2.06. The topological polar surface area (TPSA) is 113 Å². The number of amides is 3. The minimum absolute atomic E-state index is 0.0944. The molecule has 4 aliphatic rings. The Morgan fingerprint density at radius 2 is 1.78 bits per heavy atom. The molecule has 6 rings (SSSR count). The van der Waals surface area contributed by atoms with Crippen LogP contribution in [-0.4, -0.2) is 73.2 Å². The lowest BCUT2D eigenvalue weighted by Gasteiger charge is -2.79. The van der Waals surface area contributed by atoms with Crippen LogP contribution in [0, 0.1) is 22.9 Å². The van der Waals surface area contributed by atoms with Gasteiger partial charge in [0.2, 0.25) is 5.91 Å². The number of carbonyl (C=O) groups is 3. The van der Waals surface area contributed by atoms with Gasteiger partial charge in [-0.25, -0.2) is 26.4 Å². The second kappa shape index (κ2) is 9.62. The average Bonchev–Trinajstić information content (AvgIpc) is 3.39. The van der Waals surface area contributed by atoms with Crippen molar-refractivity contribution in [2.75, 3.05) is 19.0 Å². The van der Waals surface area contributed by atoms with E-state index in [1.165, 1.54) is 24.1 Å². The van der Waals surface area contributed by atoms with Crippen molar-refractivity contribution in [3.05, 3.63) is 58.4 Å². The van der Waals surface area contributed by atoms with E-state index in [0.29, 0.717) is 44.4 Å². The van der Waals surface area contributed by atoms with Crippen molar-refractivity contribution in [3.63, 3.8) is 0 Å². The predicted molar refractivity (Wildman–Crippen MR) is 140 cm³/mol. The Morgan fingerprint density at radius 1 is 1.07 bits per heavy atom. The maximum absolute atomic E-state index is 13.9. The van der Waals surface area contributed by atoms with E-state index in [9.17, 15) is 36.0 Å². The Balaban J connectivity index is 1.21. The van der Waals surface area contributed by atoms with Crippen molar-refractivity contribution in [1.82, 2.24) is 9.80 Å². The molecule has 41 heavy (non-hydrogen) atoms. The number of methoxy groups -OCH3 is 1. The maximum Gasteiger partial charge on any atom is 0.410 e. The number of halogens is 4. The third-order valence-corrected chi connectivity index (χ3v) is 11.9. The molecule has 0 bridgehead atoms. The molecule has 1 spiro atoms. The first-order valence-corrected chi connectivity index (χ1v) is 15.0. The maximum atomic E-state index is 13.9. The monoisotopic (exact) mass is 611 g/mol. The van der Waals surface area contributed by atoms with E-state index < -0.39 is 56.0 Å². The second-order valence-electron chi connectivity index (χ2n) is 10.9. The lowest BCUT2D eigenvalue weighted by molar-refractivity contribution is -0.254. The van der Waals surface area contributed by atoms with Crippen molar-refractivity contribution >= 4 is 45.0 Å². The lowest BCUT2D eigenvalue weighted by Crippen LogP contribution is -2.89. The number of carbonyl (C=O) groups excluding carboxylic acids is 3. The molecule has 9 nitrogen and oxygen atoms in total. The number of benzene rings is 2. The van der Waals surface area contributed by atoms with E-state index in [-0.39, 0.29) is 45.6 Å². The van der Waals surface area contributed by atoms with Gasteiger partial charge in [0, 0.05) is 47.4 Å². The van der Waals surface area contributed by atoms with Crippen LogP contribution in [0.15, 0.2) is 35.2 Å². The van der Waals surface area contributed by atoms with Gasteiger partial charge in [0.25, 0.3) is 5.91 Å². The van der Waals surface area contributed by atoms with E-state index in [1.54, 1.807) is 4.90 Å². The Bertz CT molecular complexity index is 1580. The standard InChI is InChI=1S/C27H25ClF3N3O6S/c1-40-26(37)33-8-2-3-18(33)25(36)34-20-6-7-27(20)21(34)12-22(27)41(38,39)19-9-13(4-5-15(19)28)24(35)32-14-10-16(29)23(31)17(30)11-14/h4-5,9-11,18,20-22H,2-3,6-8,12H2,1H3,(H,32,35)/t18-,20?,21?,22?,27?/m0/s1. The van der Waals surface area contributed by atoms with Crippen molar-refractivity contribution in [2.45, 2.75) is 60.4 Å². The van der Waals surface area contributed by atoms with Crippen molar-refractivity contribution in [2.24, 2.45) is 5.41 Å². The van der Waals surface area contributed by atoms with Gasteiger partial charge >= 0.3 is 6.09 Å². The fourth-order valence-electron chi connectivity index (χ4n) is 7.07. The summed E-state index contributed by atoms with van der Waals surface area (Å²) in [6, 6.07) is 3.64. The number of nitrogens with zero attached hydrogens (tertiary/aromatic N) is 2. The Labute approximate surface area is 238 Å². The van der Waals surface area contributed by atoms with Crippen LogP contribution >= 0.6 is 11.6 Å². The lowest BCUT2D eigenvalue weighted by atomic mass is 9.42. The van der Waals surface area contributed by atoms with Gasteiger partial charge in [0.15, 0.2) is 27.3 Å². The van der Waals surface area contributed by atoms with Gasteiger partial charge in [-0.3, -0.25) is 14.5 Å². The quantitative estimate of drug-likeness (QED) is 0.509. The van der Waals surface area contributed by atoms with E-state index in [4.69, 9.17) is 16.3 Å². The fourth-order valence-corrected chi connectivity index (χ4v) is 9.90. The zero-order valence-electron chi connectivity index (χ0n) is 21.7. The summed E-state index contributed by atoms with van der Waals surface area (Å²) < 4.78 is 72.9. The number of hydrogen-bond donors (Lipinski definition) is 1. The highest BCUT2D eigenvalue weighted by Gasteiger charge is 2.79. The molecule has 4 fully saturated rings. The van der Waals surface area contributed by atoms with Crippen molar-refractivity contribution < 1.29 is 40.7 Å². The number of anilines is 1. The zero-order chi connectivity index (χ0) is 29.4. The number of sulfone groups is 1. The van der Waals surface area contributed by atoms with Crippen molar-refractivity contribution in [3.8, 4) is 0 Å². The Morgan fingerprint density at radius 3 is 2.39 bits per heavy atom. The summed E-state index contributed by atoms with van der Waals surface area (Å²) in [6.45, 7) is 0.419. The fraction of sp³-hybridized carbons (Fsp3) is 0.444. The first-order valence-electron chi connectivity index (χ1n) is 13.1. The summed E-state index contributed by atoms with van der Waals surface area (Å²) in [5.41, 5.74) is -1.10. The number of rotatable bonds is 5. The molecule has 2 saturated carbocycles. The van der Waals surface area contributed by atoms with Gasteiger partial charge in [-0.05, 0) is 50.3 Å². The molecule has 0 aromatic heterocycles. The molecule has 2 aliphatic heterocycles. The molecule has 2 saturated heterocycles. The number of nitrogens with one attached hydrogen (secondary N) is 1. The summed E-state index contributed by atoms with van der Waals surface area (Å²) in [4.78, 5) is 41.2. The average molecular weight is 612 g/mol. The third kappa shape index (κ3) is 3.95. The molecule has 5 atom stereocenters. The third-order valence-electron chi connectivity index (χ3n) is 9.12. The summed E-state index contributed by atoms with van der Waals surface area (Å²) >= 11 is 6.29. The number of hydrogen-bond acceptors (Lipinski definition) is 6. The normalized spacial score (nSPS) is 28.0. The molecule has 4 unspecified atom stereocenters. The smallest absolute Gasteiger partial charge is 0.410 e. The predicted octanol–water partition coefficient (Wildman–Crippen LogP) is 4.15. The zero-order valence-corrected chi connectivity index (χ0v) is 23.3. The molecule has 3 amide bonds. The SMILES string of the molecule is COC(=O)N1CCC[C@H]1C(=O)N1C2CCC23C1CC3S(=O)(=O)c1cc(C(=O)Nc2cc(F)c(F)c(F)c2)ccc1Cl. The van der Waals surface area contributed by atoms with E-state index in [2.05, 4.69) is 5.32 Å². The molecule has 2 aromatic carbocycles. The molecule has 14 heteroatoms. The highest BCUT2D eigenvalue weighted by Crippen LogP contribution is 2.70. The molecule has 2 aromatic rings. The molecule has 0 radical (unpaired) electrons. The van der Waals surface area contributed by atoms with Gasteiger partial charge < -0.3 is 15.0 Å². The van der Waals surface area contributed by atoms with Gasteiger partial charge in [-0.15, -0.1) is 0 Å². The number of piperidine rings is 2. The number of ether oxygens (including phenoxy) is 1. The Hall–Kier alpha value is -3.32. The largest absolute Gasteiger partial charge is 0.453 e. The first-order chi connectivity index (χ1) is 19.4. The minimum atomic E-state index is -4.05. The van der Waals surface area contributed by atoms with Gasteiger partial charge in [-0.1, -0.05) is 11.6 Å². The molecular weight excluding hydrogens is 587 g/mol. The molecule has 2 aliphatic carbocycles. The van der Waals surface area contributed by atoms with Gasteiger partial charge in [-0.2, -0.15) is 0 Å². The molecule has 2 heterocycles. The van der Waals surface area contributed by atoms with Crippen LogP contribution in [0.3, 0.4) is 0 Å². The van der Waals surface area contributed by atoms with E-state index >= 15 is 0 Å². The van der Waals surface area contributed by atoms with Crippen molar-refractivity contribution in [1.29, 1.82) is 0 Å². The second-order valence-corrected chi connectivity index (χ2v) is 13.4. The Kier molecular flexibility index (Phi) is 6.53. The van der Waals surface area contributed by atoms with Crippen LogP contribution in [-0.2, 0) is 19.4 Å².